The first-order chi connectivity index (χ1) is 38.7. The van der Waals surface area contributed by atoms with Gasteiger partial charge in [0.25, 0.3) is 0 Å². The third-order valence-corrected chi connectivity index (χ3v) is 16.3. The van der Waals surface area contributed by atoms with Crippen molar-refractivity contribution in [3.63, 3.8) is 0 Å². The monoisotopic (exact) mass is 1060 g/mol. The van der Waals surface area contributed by atoms with Crippen LogP contribution >= 0.6 is 0 Å². The number of hydrogen-bond acceptors (Lipinski definition) is 4. The molecule has 0 unspecified atom stereocenters. The lowest BCUT2D eigenvalue weighted by molar-refractivity contribution is 0.483. The largest absolute Gasteiger partial charge is 0.457 e. The van der Waals surface area contributed by atoms with E-state index < -0.39 is 0 Å². The standard InChI is InChI=1S/C76H74N4O/c1-73(2,3)55-36-33-50(34-37-55)53-35-40-67-64(43-53)63-39-38-60(46-70(63)80(67)71-47-66(76(10,11)12)65(48-77-71)52-25-17-14-18-26-52)81-59-28-21-27-58(45-59)78-49-79(69-32-20-19-31-68(69)78)72-61(51-23-15-13-16-24-51)29-22-30-62(72)54-41-56(74(4,5)6)44-57(42-54)75(7,8)9/h13-48H,49H2,1-12H3. The van der Waals surface area contributed by atoms with Gasteiger partial charge in [-0.2, -0.15) is 0 Å². The zero-order valence-electron chi connectivity index (χ0n) is 49.2. The van der Waals surface area contributed by atoms with Gasteiger partial charge in [0, 0.05) is 51.5 Å². The molecule has 0 bridgehead atoms. The number of rotatable bonds is 9. The minimum Gasteiger partial charge on any atom is -0.457 e. The molecule has 11 aromatic rings. The van der Waals surface area contributed by atoms with E-state index in [2.05, 4.69) is 316 Å². The highest BCUT2D eigenvalue weighted by atomic mass is 16.5. The molecule has 0 spiro atoms. The third-order valence-electron chi connectivity index (χ3n) is 16.3. The van der Waals surface area contributed by atoms with Crippen molar-refractivity contribution in [2.24, 2.45) is 0 Å². The van der Waals surface area contributed by atoms with Crippen LogP contribution in [0.5, 0.6) is 11.5 Å². The summed E-state index contributed by atoms with van der Waals surface area (Å²) in [7, 11) is 0. The second-order valence-corrected chi connectivity index (χ2v) is 26.2. The molecular weight excluding hydrogens is 985 g/mol. The first-order valence-electron chi connectivity index (χ1n) is 28.7. The van der Waals surface area contributed by atoms with Crippen LogP contribution in [0.15, 0.2) is 219 Å². The third kappa shape index (κ3) is 10.2. The predicted molar refractivity (Wildman–Crippen MR) is 344 cm³/mol. The number of hydrogen-bond donors (Lipinski definition) is 0. The molecule has 0 fully saturated rings. The smallest absolute Gasteiger partial charge is 0.137 e. The Morgan fingerprint density at radius 3 is 1.57 bits per heavy atom. The van der Waals surface area contributed by atoms with Crippen LogP contribution in [-0.2, 0) is 21.7 Å². The normalized spacial score (nSPS) is 13.1. The molecule has 0 aliphatic carbocycles. The van der Waals surface area contributed by atoms with Gasteiger partial charge in [-0.05, 0) is 126 Å². The number of para-hydroxylation sites is 3. The zero-order chi connectivity index (χ0) is 56.6. The first-order valence-corrected chi connectivity index (χ1v) is 28.7. The average molecular weight is 1060 g/mol. The fourth-order valence-corrected chi connectivity index (χ4v) is 11.7. The van der Waals surface area contributed by atoms with Crippen molar-refractivity contribution in [2.45, 2.75) is 105 Å². The van der Waals surface area contributed by atoms with Gasteiger partial charge < -0.3 is 14.5 Å². The number of nitrogens with zero attached hydrogens (tertiary/aromatic N) is 4. The number of benzene rings is 9. The van der Waals surface area contributed by atoms with Gasteiger partial charge in [0.2, 0.25) is 0 Å². The van der Waals surface area contributed by atoms with E-state index in [0.29, 0.717) is 6.67 Å². The van der Waals surface area contributed by atoms with Gasteiger partial charge in [-0.1, -0.05) is 229 Å². The van der Waals surface area contributed by atoms with Crippen LogP contribution in [0.4, 0.5) is 22.7 Å². The number of anilines is 4. The second-order valence-electron chi connectivity index (χ2n) is 26.2. The summed E-state index contributed by atoms with van der Waals surface area (Å²) in [5.41, 5.74) is 21.2. The molecule has 81 heavy (non-hydrogen) atoms. The molecule has 1 aliphatic heterocycles. The minimum atomic E-state index is -0.151. The highest BCUT2D eigenvalue weighted by Gasteiger charge is 2.33. The van der Waals surface area contributed by atoms with Gasteiger partial charge in [-0.25, -0.2) is 4.98 Å². The Labute approximate surface area is 480 Å². The molecule has 12 rings (SSSR count). The Balaban J connectivity index is 0.951. The summed E-state index contributed by atoms with van der Waals surface area (Å²) in [6.45, 7) is 28.2. The molecule has 404 valence electrons. The van der Waals surface area contributed by atoms with E-state index in [-0.39, 0.29) is 21.7 Å². The molecule has 5 heteroatoms. The van der Waals surface area contributed by atoms with E-state index in [4.69, 9.17) is 9.72 Å². The van der Waals surface area contributed by atoms with E-state index in [1.54, 1.807) is 0 Å². The lowest BCUT2D eigenvalue weighted by Crippen LogP contribution is -2.25. The molecular formula is C76H74N4O. The molecule has 2 aromatic heterocycles. The van der Waals surface area contributed by atoms with Crippen LogP contribution in [0.25, 0.3) is 72.1 Å². The minimum absolute atomic E-state index is 0.0339. The molecule has 0 N–H and O–H groups in total. The number of aromatic nitrogens is 2. The summed E-state index contributed by atoms with van der Waals surface area (Å²) in [5.74, 6) is 2.37. The van der Waals surface area contributed by atoms with Crippen molar-refractivity contribution in [2.75, 3.05) is 16.5 Å². The highest BCUT2D eigenvalue weighted by molar-refractivity contribution is 6.11. The Morgan fingerprint density at radius 2 is 0.938 bits per heavy atom. The quantitative estimate of drug-likeness (QED) is 0.144. The van der Waals surface area contributed by atoms with Crippen LogP contribution in [-0.4, -0.2) is 16.2 Å². The zero-order valence-corrected chi connectivity index (χ0v) is 49.2. The van der Waals surface area contributed by atoms with Crippen molar-refractivity contribution in [1.29, 1.82) is 0 Å². The number of fused-ring (bicyclic) bond motifs is 4. The number of ether oxygens (including phenoxy) is 1. The summed E-state index contributed by atoms with van der Waals surface area (Å²) < 4.78 is 9.34. The van der Waals surface area contributed by atoms with E-state index >= 15 is 0 Å². The lowest BCUT2D eigenvalue weighted by atomic mass is 9.78. The van der Waals surface area contributed by atoms with Crippen LogP contribution < -0.4 is 14.5 Å². The SMILES string of the molecule is CC(C)(C)c1ccc(-c2ccc3c(c2)c2ccc(Oc4cccc(N5CN(c6c(-c7ccccc7)cccc6-c6cc(C(C)(C)C)cc(C(C)(C)C)c6)c6ccccc65)c4)cc2n3-c2cc(C(C)(C)C)c(-c3ccccc3)cn2)cc1. The maximum atomic E-state index is 7.02. The Morgan fingerprint density at radius 1 is 0.370 bits per heavy atom. The fourth-order valence-electron chi connectivity index (χ4n) is 11.7. The van der Waals surface area contributed by atoms with E-state index in [1.807, 2.05) is 0 Å². The fraction of sp³-hybridized carbons (Fsp3) is 0.224. The number of pyridine rings is 1. The van der Waals surface area contributed by atoms with Crippen molar-refractivity contribution in [3.05, 3.63) is 241 Å². The second kappa shape index (κ2) is 20.1. The first kappa shape index (κ1) is 53.0. The van der Waals surface area contributed by atoms with Gasteiger partial charge in [-0.15, -0.1) is 0 Å². The molecule has 5 nitrogen and oxygen atoms in total. The molecule has 9 aromatic carbocycles. The van der Waals surface area contributed by atoms with Gasteiger partial charge >= 0.3 is 0 Å². The summed E-state index contributed by atoms with van der Waals surface area (Å²) >= 11 is 0. The summed E-state index contributed by atoms with van der Waals surface area (Å²) in [6.07, 6.45) is 2.06. The lowest BCUT2D eigenvalue weighted by Gasteiger charge is -2.29. The highest BCUT2D eigenvalue weighted by Crippen LogP contribution is 2.51. The van der Waals surface area contributed by atoms with E-state index in [9.17, 15) is 0 Å². The molecule has 3 heterocycles. The van der Waals surface area contributed by atoms with Crippen LogP contribution in [0.1, 0.15) is 105 Å². The topological polar surface area (TPSA) is 33.5 Å². The molecule has 0 radical (unpaired) electrons. The molecule has 0 atom stereocenters. The Hall–Kier alpha value is -8.67. The maximum absolute atomic E-state index is 7.02. The van der Waals surface area contributed by atoms with Crippen molar-refractivity contribution < 1.29 is 4.74 Å². The summed E-state index contributed by atoms with van der Waals surface area (Å²) in [6, 6.07) is 77.7. The van der Waals surface area contributed by atoms with Gasteiger partial charge in [0.15, 0.2) is 0 Å². The van der Waals surface area contributed by atoms with Gasteiger partial charge in [0.05, 0.1) is 28.1 Å². The van der Waals surface area contributed by atoms with E-state index in [1.165, 1.54) is 61.3 Å². The van der Waals surface area contributed by atoms with Crippen molar-refractivity contribution in [1.82, 2.24) is 9.55 Å². The van der Waals surface area contributed by atoms with Gasteiger partial charge in [-0.3, -0.25) is 4.57 Å². The average Bonchev–Trinajstić information content (AvgIpc) is 3.48. The van der Waals surface area contributed by atoms with Crippen molar-refractivity contribution >= 4 is 44.6 Å². The maximum Gasteiger partial charge on any atom is 0.137 e. The molecule has 0 saturated carbocycles. The van der Waals surface area contributed by atoms with Crippen LogP contribution in [0, 0.1) is 0 Å². The Kier molecular flexibility index (Phi) is 13.2. The van der Waals surface area contributed by atoms with Crippen LogP contribution in [0.2, 0.25) is 0 Å². The van der Waals surface area contributed by atoms with Crippen molar-refractivity contribution in [3.8, 4) is 61.8 Å². The summed E-state index contributed by atoms with van der Waals surface area (Å²) in [5, 5.41) is 2.29. The van der Waals surface area contributed by atoms with Crippen LogP contribution in [0.3, 0.4) is 0 Å². The van der Waals surface area contributed by atoms with E-state index in [0.717, 1.165) is 67.3 Å². The molecule has 0 amide bonds. The molecule has 1 aliphatic rings. The Bertz CT molecular complexity index is 4110. The molecule has 0 saturated heterocycles. The van der Waals surface area contributed by atoms with Gasteiger partial charge in [0.1, 0.15) is 24.0 Å². The summed E-state index contributed by atoms with van der Waals surface area (Å²) in [4.78, 5) is 10.2. The predicted octanol–water partition coefficient (Wildman–Crippen LogP) is 21.1.